The van der Waals surface area contributed by atoms with Gasteiger partial charge in [-0.3, -0.25) is 4.90 Å². The summed E-state index contributed by atoms with van der Waals surface area (Å²) in [5, 5.41) is 19.1. The van der Waals surface area contributed by atoms with Crippen molar-refractivity contribution in [2.45, 2.75) is 12.2 Å². The number of likely N-dealkylation sites (N-methyl/N-ethyl adjacent to an activating group) is 1. The van der Waals surface area contributed by atoms with Gasteiger partial charge in [-0.05, 0) is 0 Å². The number of aliphatic hydroxyl groups is 2. The summed E-state index contributed by atoms with van der Waals surface area (Å²) >= 11 is 11.2. The van der Waals surface area contributed by atoms with Gasteiger partial charge in [0.1, 0.15) is 12.6 Å². The van der Waals surface area contributed by atoms with Crippen LogP contribution < -0.4 is 12.4 Å². The number of alkyl halides is 2. The molecule has 0 radical (unpaired) electrons. The van der Waals surface area contributed by atoms with Gasteiger partial charge in [0.15, 0.2) is 0 Å². The van der Waals surface area contributed by atoms with E-state index in [-0.39, 0.29) is 18.3 Å². The number of quaternary nitrogens is 1. The molecule has 0 aromatic rings. The van der Waals surface area contributed by atoms with Gasteiger partial charge < -0.3 is 27.1 Å². The Kier molecular flexibility index (Phi) is 9.14. The number of hydrogen-bond acceptors (Lipinski definition) is 3. The Labute approximate surface area is 125 Å². The maximum absolute atomic E-state index is 9.61. The van der Waals surface area contributed by atoms with Crippen LogP contribution in [0.4, 0.5) is 0 Å². The molecule has 110 valence electrons. The van der Waals surface area contributed by atoms with Crippen LogP contribution in [0.15, 0.2) is 0 Å². The van der Waals surface area contributed by atoms with Crippen LogP contribution in [-0.2, 0) is 0 Å². The fourth-order valence-corrected chi connectivity index (χ4v) is 2.45. The van der Waals surface area contributed by atoms with Crippen LogP contribution >= 0.6 is 23.2 Å². The zero-order chi connectivity index (χ0) is 12.9. The molecule has 4 nitrogen and oxygen atoms in total. The second-order valence-corrected chi connectivity index (χ2v) is 5.78. The molecule has 1 fully saturated rings. The van der Waals surface area contributed by atoms with Gasteiger partial charge in [0.2, 0.25) is 0 Å². The molecule has 1 saturated heterocycles. The summed E-state index contributed by atoms with van der Waals surface area (Å²) in [5.74, 6) is 0.579. The maximum Gasteiger partial charge on any atom is 0.116 e. The minimum Gasteiger partial charge on any atom is -1.00 e. The largest absolute Gasteiger partial charge is 1.00 e. The molecule has 1 aliphatic rings. The molecule has 0 aromatic carbocycles. The SMILES string of the molecule is C[N+]1(CC(O)CCl)CCN(CC(O)CCl)CC1.[Cl-]. The van der Waals surface area contributed by atoms with E-state index in [9.17, 15) is 10.2 Å². The highest BCUT2D eigenvalue weighted by Gasteiger charge is 2.31. The molecule has 0 aliphatic carbocycles. The van der Waals surface area contributed by atoms with Gasteiger partial charge in [-0.25, -0.2) is 0 Å². The summed E-state index contributed by atoms with van der Waals surface area (Å²) in [5.41, 5.74) is 0. The highest BCUT2D eigenvalue weighted by Crippen LogP contribution is 2.12. The summed E-state index contributed by atoms with van der Waals surface area (Å²) < 4.78 is 0.849. The Morgan fingerprint density at radius 2 is 1.61 bits per heavy atom. The minimum atomic E-state index is -0.443. The van der Waals surface area contributed by atoms with Crippen molar-refractivity contribution in [1.82, 2.24) is 4.90 Å². The first kappa shape index (κ1) is 18.7. The van der Waals surface area contributed by atoms with Crippen LogP contribution in [0.25, 0.3) is 0 Å². The summed E-state index contributed by atoms with van der Waals surface area (Å²) in [4.78, 5) is 2.22. The van der Waals surface area contributed by atoms with E-state index in [4.69, 9.17) is 23.2 Å². The lowest BCUT2D eigenvalue weighted by Crippen LogP contribution is -3.00. The molecule has 0 amide bonds. The minimum absolute atomic E-state index is 0. The molecule has 0 aromatic heterocycles. The number of rotatable bonds is 6. The van der Waals surface area contributed by atoms with Crippen molar-refractivity contribution >= 4 is 23.2 Å². The molecule has 2 unspecified atom stereocenters. The molecule has 2 N–H and O–H groups in total. The van der Waals surface area contributed by atoms with Crippen molar-refractivity contribution in [3.05, 3.63) is 0 Å². The van der Waals surface area contributed by atoms with E-state index in [0.717, 1.165) is 30.7 Å². The third-order valence-corrected chi connectivity index (χ3v) is 4.10. The van der Waals surface area contributed by atoms with Crippen molar-refractivity contribution in [3.8, 4) is 0 Å². The molecular weight excluding hydrogens is 298 g/mol. The number of aliphatic hydroxyl groups excluding tert-OH is 2. The van der Waals surface area contributed by atoms with Crippen molar-refractivity contribution < 1.29 is 27.1 Å². The third-order valence-electron chi connectivity index (χ3n) is 3.39. The van der Waals surface area contributed by atoms with Gasteiger partial charge in [0.05, 0.1) is 32.1 Å². The zero-order valence-corrected chi connectivity index (χ0v) is 13.0. The first-order valence-corrected chi connectivity index (χ1v) is 7.10. The lowest BCUT2D eigenvalue weighted by molar-refractivity contribution is -0.916. The summed E-state index contributed by atoms with van der Waals surface area (Å²) in [7, 11) is 2.14. The molecule has 7 heteroatoms. The Bertz CT molecular complexity index is 226. The van der Waals surface area contributed by atoms with E-state index in [2.05, 4.69) is 11.9 Å². The molecule has 18 heavy (non-hydrogen) atoms. The first-order chi connectivity index (χ1) is 7.99. The summed E-state index contributed by atoms with van der Waals surface area (Å²) in [6.07, 6.45) is -0.872. The van der Waals surface area contributed by atoms with Crippen molar-refractivity contribution in [2.75, 3.05) is 58.1 Å². The van der Waals surface area contributed by atoms with Gasteiger partial charge >= 0.3 is 0 Å². The van der Waals surface area contributed by atoms with Crippen molar-refractivity contribution in [2.24, 2.45) is 0 Å². The van der Waals surface area contributed by atoms with Gasteiger partial charge in [-0.1, -0.05) is 0 Å². The number of piperazine rings is 1. The van der Waals surface area contributed by atoms with Crippen LogP contribution in [0.3, 0.4) is 0 Å². The normalized spacial score (nSPS) is 23.2. The zero-order valence-electron chi connectivity index (χ0n) is 10.7. The Balaban J connectivity index is 0.00000289. The monoisotopic (exact) mass is 320 g/mol. The topological polar surface area (TPSA) is 43.7 Å². The molecule has 1 aliphatic heterocycles. The summed E-state index contributed by atoms with van der Waals surface area (Å²) in [6.45, 7) is 5.15. The van der Waals surface area contributed by atoms with Crippen LogP contribution in [0.1, 0.15) is 0 Å². The van der Waals surface area contributed by atoms with E-state index in [1.165, 1.54) is 0 Å². The smallest absolute Gasteiger partial charge is 0.116 e. The second kappa shape index (κ2) is 8.80. The third kappa shape index (κ3) is 6.24. The van der Waals surface area contributed by atoms with Crippen LogP contribution in [0.2, 0.25) is 0 Å². The van der Waals surface area contributed by atoms with E-state index in [1.54, 1.807) is 0 Å². The predicted molar refractivity (Wildman–Crippen MR) is 70.7 cm³/mol. The highest BCUT2D eigenvalue weighted by atomic mass is 35.5. The Morgan fingerprint density at radius 3 is 2.06 bits per heavy atom. The summed E-state index contributed by atoms with van der Waals surface area (Å²) in [6, 6.07) is 0. The fourth-order valence-electron chi connectivity index (χ4n) is 2.26. The van der Waals surface area contributed by atoms with Crippen LogP contribution in [0, 0.1) is 0 Å². The molecular formula is C11H23Cl3N2O2. The molecule has 1 rings (SSSR count). The number of β-amino-alcohol motifs (C(OH)–C–C–N with tert-alkyl or cyclic N) is 1. The van der Waals surface area contributed by atoms with E-state index < -0.39 is 12.2 Å². The molecule has 1 heterocycles. The molecule has 0 bridgehead atoms. The number of halogens is 3. The highest BCUT2D eigenvalue weighted by molar-refractivity contribution is 6.18. The Morgan fingerprint density at radius 1 is 1.11 bits per heavy atom. The maximum atomic E-state index is 9.61. The van der Waals surface area contributed by atoms with Crippen molar-refractivity contribution in [3.63, 3.8) is 0 Å². The molecule has 0 spiro atoms. The van der Waals surface area contributed by atoms with Gasteiger partial charge in [-0.2, -0.15) is 0 Å². The first-order valence-electron chi connectivity index (χ1n) is 6.03. The van der Waals surface area contributed by atoms with E-state index in [0.29, 0.717) is 19.0 Å². The second-order valence-electron chi connectivity index (χ2n) is 5.17. The fraction of sp³-hybridized carbons (Fsp3) is 1.00. The van der Waals surface area contributed by atoms with Gasteiger partial charge in [0, 0.05) is 25.5 Å². The van der Waals surface area contributed by atoms with Gasteiger partial charge in [-0.15, -0.1) is 23.2 Å². The quantitative estimate of drug-likeness (QED) is 0.404. The standard InChI is InChI=1S/C11H23Cl2N2O2.ClH/c1-15(9-11(17)7-13)4-2-14(3-5-15)8-10(16)6-12;/h10-11,16-17H,2-9H2,1H3;1H/q+1;/p-1. The molecule has 0 saturated carbocycles. The predicted octanol–water partition coefficient (Wildman–Crippen LogP) is -3.05. The number of hydrogen-bond donors (Lipinski definition) is 2. The van der Waals surface area contributed by atoms with Gasteiger partial charge in [0.25, 0.3) is 0 Å². The van der Waals surface area contributed by atoms with E-state index >= 15 is 0 Å². The Hall–Kier alpha value is 0.710. The average molecular weight is 322 g/mol. The lowest BCUT2D eigenvalue weighted by Gasteiger charge is -2.43. The van der Waals surface area contributed by atoms with Crippen LogP contribution in [0.5, 0.6) is 0 Å². The van der Waals surface area contributed by atoms with Crippen LogP contribution in [-0.4, -0.2) is 89.9 Å². The average Bonchev–Trinajstić information content (AvgIpc) is 2.32. The van der Waals surface area contributed by atoms with Crippen molar-refractivity contribution in [1.29, 1.82) is 0 Å². The van der Waals surface area contributed by atoms with E-state index in [1.807, 2.05) is 0 Å². The molecule has 2 atom stereocenters. The lowest BCUT2D eigenvalue weighted by atomic mass is 10.2. The number of nitrogens with zero attached hydrogens (tertiary/aromatic N) is 2.